The number of nitrogens with two attached hydrogens (primary N) is 1. The minimum Gasteiger partial charge on any atom is -0.383 e. The molecule has 0 aliphatic carbocycles. The van der Waals surface area contributed by atoms with Crippen molar-refractivity contribution in [2.75, 3.05) is 11.1 Å². The number of rotatable bonds is 2. The van der Waals surface area contributed by atoms with Crippen LogP contribution in [-0.4, -0.2) is 10.9 Å². The SMILES string of the molecule is Nc1ncccc1C(=O)Nc1c(Cl)cccc1Cl. The van der Waals surface area contributed by atoms with Crippen LogP contribution in [0, 0.1) is 0 Å². The summed E-state index contributed by atoms with van der Waals surface area (Å²) in [6, 6.07) is 8.16. The molecule has 0 saturated heterocycles. The topological polar surface area (TPSA) is 68.0 Å². The second kappa shape index (κ2) is 5.25. The van der Waals surface area contributed by atoms with Gasteiger partial charge in [-0.1, -0.05) is 29.3 Å². The molecule has 1 aromatic carbocycles. The van der Waals surface area contributed by atoms with E-state index in [0.717, 1.165) is 0 Å². The molecule has 0 aliphatic heterocycles. The molecule has 18 heavy (non-hydrogen) atoms. The van der Waals surface area contributed by atoms with Crippen molar-refractivity contribution in [3.8, 4) is 0 Å². The molecular formula is C12H9Cl2N3O. The number of para-hydroxylation sites is 1. The standard InChI is InChI=1S/C12H9Cl2N3O/c13-8-4-1-5-9(14)10(8)17-12(18)7-3-2-6-16-11(7)15/h1-6H,(H2,15,16)(H,17,18). The third-order valence-electron chi connectivity index (χ3n) is 2.28. The zero-order valence-corrected chi connectivity index (χ0v) is 10.7. The molecular weight excluding hydrogens is 273 g/mol. The highest BCUT2D eigenvalue weighted by molar-refractivity contribution is 6.40. The van der Waals surface area contributed by atoms with Crippen LogP contribution >= 0.6 is 23.2 Å². The number of hydrogen-bond donors (Lipinski definition) is 2. The molecule has 1 aromatic heterocycles. The van der Waals surface area contributed by atoms with Gasteiger partial charge in [0.25, 0.3) is 5.91 Å². The number of anilines is 2. The Hall–Kier alpha value is -1.78. The van der Waals surface area contributed by atoms with E-state index in [1.54, 1.807) is 30.3 Å². The fraction of sp³-hybridized carbons (Fsp3) is 0. The lowest BCUT2D eigenvalue weighted by molar-refractivity contribution is 0.102. The monoisotopic (exact) mass is 281 g/mol. The molecule has 0 fully saturated rings. The van der Waals surface area contributed by atoms with Crippen molar-refractivity contribution in [1.29, 1.82) is 0 Å². The predicted molar refractivity (Wildman–Crippen MR) is 73.1 cm³/mol. The van der Waals surface area contributed by atoms with Crippen molar-refractivity contribution >= 4 is 40.6 Å². The highest BCUT2D eigenvalue weighted by Gasteiger charge is 2.13. The average Bonchev–Trinajstić information content (AvgIpc) is 2.34. The van der Waals surface area contributed by atoms with E-state index in [4.69, 9.17) is 28.9 Å². The molecule has 0 aliphatic rings. The summed E-state index contributed by atoms with van der Waals surface area (Å²) >= 11 is 11.9. The summed E-state index contributed by atoms with van der Waals surface area (Å²) in [4.78, 5) is 15.8. The van der Waals surface area contributed by atoms with Crippen LogP contribution in [0.3, 0.4) is 0 Å². The first-order chi connectivity index (χ1) is 8.59. The van der Waals surface area contributed by atoms with Gasteiger partial charge in [0.2, 0.25) is 0 Å². The van der Waals surface area contributed by atoms with Gasteiger partial charge in [-0.15, -0.1) is 0 Å². The summed E-state index contributed by atoms with van der Waals surface area (Å²) in [6.07, 6.45) is 1.51. The number of nitrogen functional groups attached to an aromatic ring is 1. The number of aromatic nitrogens is 1. The number of halogens is 2. The van der Waals surface area contributed by atoms with Crippen LogP contribution in [-0.2, 0) is 0 Å². The Balaban J connectivity index is 2.30. The molecule has 1 heterocycles. The van der Waals surface area contributed by atoms with Gasteiger partial charge < -0.3 is 11.1 Å². The molecule has 0 radical (unpaired) electrons. The lowest BCUT2D eigenvalue weighted by Gasteiger charge is -2.09. The van der Waals surface area contributed by atoms with Crippen LogP contribution < -0.4 is 11.1 Å². The Morgan fingerprint density at radius 1 is 1.17 bits per heavy atom. The van der Waals surface area contributed by atoms with Crippen LogP contribution in [0.2, 0.25) is 10.0 Å². The zero-order chi connectivity index (χ0) is 13.1. The molecule has 3 N–H and O–H groups in total. The van der Waals surface area contributed by atoms with Gasteiger partial charge in [-0.3, -0.25) is 4.79 Å². The molecule has 92 valence electrons. The Kier molecular flexibility index (Phi) is 3.69. The highest BCUT2D eigenvalue weighted by Crippen LogP contribution is 2.30. The first kappa shape index (κ1) is 12.7. The van der Waals surface area contributed by atoms with Crippen LogP contribution in [0.5, 0.6) is 0 Å². The summed E-state index contributed by atoms with van der Waals surface area (Å²) in [5.74, 6) is -0.256. The minimum atomic E-state index is -0.407. The zero-order valence-electron chi connectivity index (χ0n) is 9.15. The van der Waals surface area contributed by atoms with Gasteiger partial charge in [-0.05, 0) is 24.3 Å². The maximum absolute atomic E-state index is 12.0. The lowest BCUT2D eigenvalue weighted by Crippen LogP contribution is -2.15. The molecule has 1 amide bonds. The van der Waals surface area contributed by atoms with Crippen molar-refractivity contribution in [2.45, 2.75) is 0 Å². The number of nitrogens with zero attached hydrogens (tertiary/aromatic N) is 1. The maximum atomic E-state index is 12.0. The number of carbonyl (C=O) groups excluding carboxylic acids is 1. The van der Waals surface area contributed by atoms with E-state index >= 15 is 0 Å². The normalized spacial score (nSPS) is 10.1. The molecule has 0 bridgehead atoms. The second-order valence-electron chi connectivity index (χ2n) is 3.49. The van der Waals surface area contributed by atoms with Crippen LogP contribution in [0.1, 0.15) is 10.4 Å². The van der Waals surface area contributed by atoms with E-state index in [0.29, 0.717) is 15.7 Å². The van der Waals surface area contributed by atoms with Crippen LogP contribution in [0.15, 0.2) is 36.5 Å². The highest BCUT2D eigenvalue weighted by atomic mass is 35.5. The largest absolute Gasteiger partial charge is 0.383 e. The number of nitrogens with one attached hydrogen (secondary N) is 1. The van der Waals surface area contributed by atoms with Gasteiger partial charge in [0, 0.05) is 6.20 Å². The second-order valence-corrected chi connectivity index (χ2v) is 4.30. The molecule has 2 rings (SSSR count). The Morgan fingerprint density at radius 3 is 2.44 bits per heavy atom. The van der Waals surface area contributed by atoms with E-state index in [9.17, 15) is 4.79 Å². The first-order valence-corrected chi connectivity index (χ1v) is 5.81. The first-order valence-electron chi connectivity index (χ1n) is 5.05. The summed E-state index contributed by atoms with van der Waals surface area (Å²) < 4.78 is 0. The number of carbonyl (C=O) groups is 1. The van der Waals surface area contributed by atoms with Crippen molar-refractivity contribution < 1.29 is 4.79 Å². The fourth-order valence-corrected chi connectivity index (χ4v) is 1.90. The van der Waals surface area contributed by atoms with E-state index in [1.165, 1.54) is 6.20 Å². The van der Waals surface area contributed by atoms with E-state index < -0.39 is 5.91 Å². The molecule has 0 saturated carbocycles. The maximum Gasteiger partial charge on any atom is 0.259 e. The van der Waals surface area contributed by atoms with Crippen molar-refractivity contribution in [2.24, 2.45) is 0 Å². The van der Waals surface area contributed by atoms with Crippen LogP contribution in [0.25, 0.3) is 0 Å². The number of amides is 1. The number of pyridine rings is 1. The summed E-state index contributed by atoms with van der Waals surface area (Å²) in [6.45, 7) is 0. The van der Waals surface area contributed by atoms with Crippen molar-refractivity contribution in [3.05, 3.63) is 52.1 Å². The molecule has 0 spiro atoms. The van der Waals surface area contributed by atoms with E-state index in [1.807, 2.05) is 0 Å². The quantitative estimate of drug-likeness (QED) is 0.888. The minimum absolute atomic E-state index is 0.151. The van der Waals surface area contributed by atoms with Gasteiger partial charge in [-0.25, -0.2) is 4.98 Å². The predicted octanol–water partition coefficient (Wildman–Crippen LogP) is 3.22. The fourth-order valence-electron chi connectivity index (χ4n) is 1.41. The lowest BCUT2D eigenvalue weighted by atomic mass is 10.2. The molecule has 6 heteroatoms. The Morgan fingerprint density at radius 2 is 1.83 bits per heavy atom. The van der Waals surface area contributed by atoms with Gasteiger partial charge in [0.05, 0.1) is 21.3 Å². The molecule has 4 nitrogen and oxygen atoms in total. The third kappa shape index (κ3) is 2.55. The van der Waals surface area contributed by atoms with Crippen molar-refractivity contribution in [3.63, 3.8) is 0 Å². The average molecular weight is 282 g/mol. The van der Waals surface area contributed by atoms with Gasteiger partial charge in [0.1, 0.15) is 5.82 Å². The number of hydrogen-bond acceptors (Lipinski definition) is 3. The summed E-state index contributed by atoms with van der Waals surface area (Å²) in [7, 11) is 0. The van der Waals surface area contributed by atoms with Gasteiger partial charge >= 0.3 is 0 Å². The summed E-state index contributed by atoms with van der Waals surface area (Å²) in [5, 5.41) is 3.33. The van der Waals surface area contributed by atoms with Gasteiger partial charge in [0.15, 0.2) is 0 Å². The third-order valence-corrected chi connectivity index (χ3v) is 2.91. The van der Waals surface area contributed by atoms with Crippen molar-refractivity contribution in [1.82, 2.24) is 4.98 Å². The molecule has 0 atom stereocenters. The molecule has 2 aromatic rings. The van der Waals surface area contributed by atoms with E-state index in [-0.39, 0.29) is 11.4 Å². The van der Waals surface area contributed by atoms with E-state index in [2.05, 4.69) is 10.3 Å². The smallest absolute Gasteiger partial charge is 0.259 e. The van der Waals surface area contributed by atoms with Gasteiger partial charge in [-0.2, -0.15) is 0 Å². The molecule has 0 unspecified atom stereocenters. The Labute approximate surface area is 114 Å². The number of benzene rings is 1. The summed E-state index contributed by atoms with van der Waals surface area (Å²) in [5.41, 5.74) is 6.24. The van der Waals surface area contributed by atoms with Crippen LogP contribution in [0.4, 0.5) is 11.5 Å². The Bertz CT molecular complexity index is 581.